The van der Waals surface area contributed by atoms with Crippen molar-refractivity contribution >= 4 is 35.1 Å². The van der Waals surface area contributed by atoms with Crippen molar-refractivity contribution in [3.8, 4) is 0 Å². The Balaban J connectivity index is 1.60. The van der Waals surface area contributed by atoms with Gasteiger partial charge in [0, 0.05) is 37.0 Å². The van der Waals surface area contributed by atoms with Crippen LogP contribution < -0.4 is 10.2 Å². The number of halogens is 1. The molecule has 0 bridgehead atoms. The van der Waals surface area contributed by atoms with Gasteiger partial charge in [0.1, 0.15) is 11.0 Å². The lowest BCUT2D eigenvalue weighted by Gasteiger charge is -2.31. The molecular formula is C21H27ClN4OS. The highest BCUT2D eigenvalue weighted by atomic mass is 35.5. The van der Waals surface area contributed by atoms with Gasteiger partial charge in [-0.3, -0.25) is 4.79 Å². The molecule has 2 aromatic rings. The lowest BCUT2D eigenvalue weighted by molar-refractivity contribution is 0.0953. The zero-order chi connectivity index (χ0) is 19.9. The van der Waals surface area contributed by atoms with Crippen molar-refractivity contribution < 1.29 is 4.79 Å². The average Bonchev–Trinajstić information content (AvgIpc) is 2.71. The molecule has 2 heterocycles. The first kappa shape index (κ1) is 20.9. The number of hydrogen-bond acceptors (Lipinski definition) is 5. The second kappa shape index (κ2) is 10.1. The fourth-order valence-corrected chi connectivity index (χ4v) is 4.13. The van der Waals surface area contributed by atoms with Gasteiger partial charge in [-0.25, -0.2) is 9.97 Å². The maximum absolute atomic E-state index is 12.0. The van der Waals surface area contributed by atoms with Crippen LogP contribution in [0.25, 0.3) is 0 Å². The second-order valence-electron chi connectivity index (χ2n) is 7.24. The molecule has 3 rings (SSSR count). The van der Waals surface area contributed by atoms with Crippen molar-refractivity contribution in [3.05, 3.63) is 46.6 Å². The van der Waals surface area contributed by atoms with Crippen molar-refractivity contribution in [3.63, 3.8) is 0 Å². The molecule has 1 fully saturated rings. The highest BCUT2D eigenvalue weighted by Crippen LogP contribution is 2.27. The third-order valence-corrected chi connectivity index (χ3v) is 6.00. The van der Waals surface area contributed by atoms with E-state index in [0.717, 1.165) is 42.6 Å². The van der Waals surface area contributed by atoms with E-state index in [1.54, 1.807) is 11.8 Å². The van der Waals surface area contributed by atoms with Gasteiger partial charge in [-0.1, -0.05) is 49.3 Å². The Morgan fingerprint density at radius 2 is 1.96 bits per heavy atom. The number of benzene rings is 1. The van der Waals surface area contributed by atoms with E-state index in [-0.39, 0.29) is 5.91 Å². The van der Waals surface area contributed by atoms with Gasteiger partial charge in [-0.15, -0.1) is 0 Å². The van der Waals surface area contributed by atoms with E-state index in [9.17, 15) is 4.79 Å². The molecule has 0 radical (unpaired) electrons. The molecule has 7 heteroatoms. The van der Waals surface area contributed by atoms with E-state index in [1.165, 1.54) is 12.8 Å². The smallest absolute Gasteiger partial charge is 0.251 e. The summed E-state index contributed by atoms with van der Waals surface area (Å²) in [6.45, 7) is 7.06. The number of anilines is 1. The number of piperidine rings is 1. The second-order valence-corrected chi connectivity index (χ2v) is 8.57. The number of hydrogen-bond donors (Lipinski definition) is 1. The molecule has 0 spiro atoms. The molecule has 1 aromatic heterocycles. The van der Waals surface area contributed by atoms with Gasteiger partial charge in [0.25, 0.3) is 5.91 Å². The Morgan fingerprint density at radius 1 is 1.25 bits per heavy atom. The number of carbonyl (C=O) groups is 1. The Hall–Kier alpha value is -1.79. The molecule has 1 aliphatic rings. The number of aromatic nitrogens is 2. The summed E-state index contributed by atoms with van der Waals surface area (Å²) in [5.74, 6) is 2.39. The first-order valence-corrected chi connectivity index (χ1v) is 11.2. The Bertz CT molecular complexity index is 791. The summed E-state index contributed by atoms with van der Waals surface area (Å²) in [6.07, 6.45) is 3.29. The molecule has 0 atom stereocenters. The first-order chi connectivity index (χ1) is 13.5. The van der Waals surface area contributed by atoms with Gasteiger partial charge < -0.3 is 10.2 Å². The summed E-state index contributed by atoms with van der Waals surface area (Å²) in [6, 6.07) is 9.53. The highest BCUT2D eigenvalue weighted by Gasteiger charge is 2.18. The van der Waals surface area contributed by atoms with Crippen LogP contribution in [-0.2, 0) is 5.75 Å². The lowest BCUT2D eigenvalue weighted by Crippen LogP contribution is -2.33. The molecule has 0 unspecified atom stereocenters. The predicted molar refractivity (Wildman–Crippen MR) is 116 cm³/mol. The van der Waals surface area contributed by atoms with Gasteiger partial charge >= 0.3 is 0 Å². The molecule has 150 valence electrons. The highest BCUT2D eigenvalue weighted by molar-refractivity contribution is 7.98. The molecule has 1 aromatic carbocycles. The van der Waals surface area contributed by atoms with Crippen LogP contribution in [0.5, 0.6) is 0 Å². The van der Waals surface area contributed by atoms with Crippen LogP contribution in [0.3, 0.4) is 0 Å². The van der Waals surface area contributed by atoms with Crippen molar-refractivity contribution in [2.45, 2.75) is 44.0 Å². The van der Waals surface area contributed by atoms with Crippen LogP contribution in [0, 0.1) is 5.92 Å². The van der Waals surface area contributed by atoms with E-state index < -0.39 is 0 Å². The topological polar surface area (TPSA) is 58.1 Å². The van der Waals surface area contributed by atoms with Crippen LogP contribution in [-0.4, -0.2) is 35.5 Å². The van der Waals surface area contributed by atoms with Crippen LogP contribution in [0.15, 0.2) is 35.5 Å². The van der Waals surface area contributed by atoms with Crippen LogP contribution in [0.1, 0.15) is 49.0 Å². The largest absolute Gasteiger partial charge is 0.356 e. The number of thioether (sulfide) groups is 1. The van der Waals surface area contributed by atoms with E-state index >= 15 is 0 Å². The van der Waals surface area contributed by atoms with Crippen LogP contribution in [0.4, 0.5) is 5.82 Å². The van der Waals surface area contributed by atoms with Gasteiger partial charge in [-0.2, -0.15) is 0 Å². The van der Waals surface area contributed by atoms with Crippen molar-refractivity contribution in [1.29, 1.82) is 0 Å². The van der Waals surface area contributed by atoms with Crippen LogP contribution >= 0.6 is 23.4 Å². The Labute approximate surface area is 176 Å². The zero-order valence-electron chi connectivity index (χ0n) is 16.4. The summed E-state index contributed by atoms with van der Waals surface area (Å²) in [5, 5.41) is 4.06. The minimum absolute atomic E-state index is 0.0280. The molecular weight excluding hydrogens is 392 g/mol. The first-order valence-electron chi connectivity index (χ1n) is 9.84. The SMILES string of the molecule is CCCNC(=O)c1ccc(CSc2nc(Cl)cc(N3CCC(C)CC3)n2)cc1. The molecule has 1 saturated heterocycles. The fraction of sp³-hybridized carbons (Fsp3) is 0.476. The van der Waals surface area contributed by atoms with Crippen molar-refractivity contribution in [2.24, 2.45) is 5.92 Å². The maximum Gasteiger partial charge on any atom is 0.251 e. The molecule has 1 aliphatic heterocycles. The van der Waals surface area contributed by atoms with E-state index in [2.05, 4.69) is 22.1 Å². The normalized spacial score (nSPS) is 14.9. The molecule has 5 nitrogen and oxygen atoms in total. The minimum Gasteiger partial charge on any atom is -0.356 e. The summed E-state index contributed by atoms with van der Waals surface area (Å²) in [5.41, 5.74) is 1.80. The van der Waals surface area contributed by atoms with E-state index in [4.69, 9.17) is 16.6 Å². The number of nitrogens with one attached hydrogen (secondary N) is 1. The average molecular weight is 419 g/mol. The Kier molecular flexibility index (Phi) is 7.57. The standard InChI is InChI=1S/C21H27ClN4OS/c1-3-10-23-20(27)17-6-4-16(5-7-17)14-28-21-24-18(22)13-19(25-21)26-11-8-15(2)9-12-26/h4-7,13,15H,3,8-12,14H2,1-2H3,(H,23,27). The van der Waals surface area contributed by atoms with E-state index in [1.807, 2.05) is 37.3 Å². The summed E-state index contributed by atoms with van der Waals surface area (Å²) >= 11 is 7.80. The van der Waals surface area contributed by atoms with Gasteiger partial charge in [0.15, 0.2) is 5.16 Å². The quantitative estimate of drug-likeness (QED) is 0.397. The summed E-state index contributed by atoms with van der Waals surface area (Å²) < 4.78 is 0. The third-order valence-electron chi connectivity index (χ3n) is 4.89. The molecule has 1 amide bonds. The zero-order valence-corrected chi connectivity index (χ0v) is 18.0. The van der Waals surface area contributed by atoms with E-state index in [0.29, 0.717) is 22.4 Å². The van der Waals surface area contributed by atoms with Crippen molar-refractivity contribution in [2.75, 3.05) is 24.5 Å². The lowest BCUT2D eigenvalue weighted by atomic mass is 9.99. The minimum atomic E-state index is -0.0280. The predicted octanol–water partition coefficient (Wildman–Crippen LogP) is 4.80. The van der Waals surface area contributed by atoms with Gasteiger partial charge in [0.2, 0.25) is 0 Å². The molecule has 28 heavy (non-hydrogen) atoms. The van der Waals surface area contributed by atoms with Gasteiger partial charge in [0.05, 0.1) is 0 Å². The van der Waals surface area contributed by atoms with Gasteiger partial charge in [-0.05, 0) is 42.9 Å². The molecule has 1 N–H and O–H groups in total. The molecule has 0 aliphatic carbocycles. The fourth-order valence-electron chi connectivity index (χ4n) is 3.09. The number of carbonyl (C=O) groups excluding carboxylic acids is 1. The number of amides is 1. The summed E-state index contributed by atoms with van der Waals surface area (Å²) in [4.78, 5) is 23.3. The number of nitrogens with zero attached hydrogens (tertiary/aromatic N) is 3. The summed E-state index contributed by atoms with van der Waals surface area (Å²) in [7, 11) is 0. The third kappa shape index (κ3) is 5.85. The molecule has 0 saturated carbocycles. The monoisotopic (exact) mass is 418 g/mol. The van der Waals surface area contributed by atoms with Crippen molar-refractivity contribution in [1.82, 2.24) is 15.3 Å². The number of rotatable bonds is 7. The Morgan fingerprint density at radius 3 is 2.64 bits per heavy atom. The maximum atomic E-state index is 12.0. The van der Waals surface area contributed by atoms with Crippen LogP contribution in [0.2, 0.25) is 5.15 Å².